The van der Waals surface area contributed by atoms with Crippen molar-refractivity contribution in [1.29, 1.82) is 0 Å². The normalized spacial score (nSPS) is 19.5. The second-order valence-electron chi connectivity index (χ2n) is 7.51. The van der Waals surface area contributed by atoms with Crippen LogP contribution in [0.3, 0.4) is 0 Å². The molecule has 1 aliphatic rings. The van der Waals surface area contributed by atoms with Gasteiger partial charge in [0.2, 0.25) is 0 Å². The van der Waals surface area contributed by atoms with Crippen LogP contribution in [-0.2, 0) is 6.42 Å². The van der Waals surface area contributed by atoms with Gasteiger partial charge in [0.1, 0.15) is 6.61 Å². The van der Waals surface area contributed by atoms with Gasteiger partial charge in [-0.15, -0.1) is 0 Å². The highest BCUT2D eigenvalue weighted by molar-refractivity contribution is 5.81. The van der Waals surface area contributed by atoms with Crippen LogP contribution in [0.5, 0.6) is 11.5 Å². The molecule has 3 aromatic rings. The number of aliphatic hydroxyl groups excluding tert-OH is 1. The van der Waals surface area contributed by atoms with E-state index in [0.717, 1.165) is 36.5 Å². The summed E-state index contributed by atoms with van der Waals surface area (Å²) in [6.07, 6.45) is 2.40. The Bertz CT molecular complexity index is 941. The molecule has 152 valence electrons. The van der Waals surface area contributed by atoms with E-state index in [-0.39, 0.29) is 12.0 Å². The maximum Gasteiger partial charge on any atom is 0.161 e. The molecule has 1 N–H and O–H groups in total. The number of pyridine rings is 1. The van der Waals surface area contributed by atoms with Gasteiger partial charge in [-0.25, -0.2) is 0 Å². The molecule has 0 spiro atoms. The number of β-amino-alcohol motifs (C(OH)–C–C–N with tert-alkyl or cyclic N) is 1. The van der Waals surface area contributed by atoms with Crippen LogP contribution in [0.1, 0.15) is 12.5 Å². The molecule has 29 heavy (non-hydrogen) atoms. The van der Waals surface area contributed by atoms with Crippen molar-refractivity contribution in [3.05, 3.63) is 66.4 Å². The standard InChI is InChI=1S/C24H28N2O3/c1-2-28-23-9-5-6-10-24(23)29-14-13-26-16-19(22(27)17-26)15-18-11-12-25-21-8-4-3-7-20(18)21/h3-12,19,22,27H,2,13-17H2,1H3/t19-,22+/m1/s1. The molecular formula is C24H28N2O3. The van der Waals surface area contributed by atoms with Gasteiger partial charge in [0.05, 0.1) is 18.2 Å². The number of rotatable bonds is 8. The first kappa shape index (κ1) is 19.7. The number of fused-ring (bicyclic) bond motifs is 1. The molecule has 1 fully saturated rings. The molecule has 1 aromatic heterocycles. The van der Waals surface area contributed by atoms with E-state index in [0.29, 0.717) is 19.8 Å². The average Bonchev–Trinajstić information content (AvgIpc) is 3.09. The lowest BCUT2D eigenvalue weighted by molar-refractivity contribution is 0.139. The highest BCUT2D eigenvalue weighted by Gasteiger charge is 2.31. The zero-order chi connectivity index (χ0) is 20.1. The molecule has 0 saturated carbocycles. The van der Waals surface area contributed by atoms with E-state index in [1.165, 1.54) is 10.9 Å². The third-order valence-corrected chi connectivity index (χ3v) is 5.52. The van der Waals surface area contributed by atoms with Crippen LogP contribution in [0.15, 0.2) is 60.8 Å². The van der Waals surface area contributed by atoms with Crippen molar-refractivity contribution in [3.8, 4) is 11.5 Å². The lowest BCUT2D eigenvalue weighted by atomic mass is 9.94. The lowest BCUT2D eigenvalue weighted by Crippen LogP contribution is -2.27. The average molecular weight is 392 g/mol. The molecule has 2 heterocycles. The number of likely N-dealkylation sites (tertiary alicyclic amines) is 1. The predicted octanol–water partition coefficient (Wildman–Crippen LogP) is 3.55. The van der Waals surface area contributed by atoms with Crippen molar-refractivity contribution in [3.63, 3.8) is 0 Å². The fourth-order valence-corrected chi connectivity index (χ4v) is 4.07. The molecule has 4 rings (SSSR count). The van der Waals surface area contributed by atoms with Gasteiger partial charge in [0.25, 0.3) is 0 Å². The molecule has 0 radical (unpaired) electrons. The Morgan fingerprint density at radius 2 is 1.76 bits per heavy atom. The maximum absolute atomic E-state index is 10.6. The Morgan fingerprint density at radius 3 is 2.59 bits per heavy atom. The minimum atomic E-state index is -0.322. The molecule has 0 bridgehead atoms. The SMILES string of the molecule is CCOc1ccccc1OCCN1C[C@@H](Cc2ccnc3ccccc23)[C@@H](O)C1. The van der Waals surface area contributed by atoms with Crippen LogP contribution in [0.4, 0.5) is 0 Å². The van der Waals surface area contributed by atoms with E-state index in [1.54, 1.807) is 0 Å². The second-order valence-corrected chi connectivity index (χ2v) is 7.51. The van der Waals surface area contributed by atoms with E-state index in [9.17, 15) is 5.11 Å². The number of hydrogen-bond acceptors (Lipinski definition) is 5. The quantitative estimate of drug-likeness (QED) is 0.635. The van der Waals surface area contributed by atoms with E-state index in [4.69, 9.17) is 9.47 Å². The van der Waals surface area contributed by atoms with Crippen LogP contribution in [0.2, 0.25) is 0 Å². The number of nitrogens with zero attached hydrogens (tertiary/aromatic N) is 2. The number of ether oxygens (including phenoxy) is 2. The van der Waals surface area contributed by atoms with E-state index >= 15 is 0 Å². The molecule has 5 nitrogen and oxygen atoms in total. The molecule has 0 aliphatic carbocycles. The van der Waals surface area contributed by atoms with Crippen molar-refractivity contribution >= 4 is 10.9 Å². The maximum atomic E-state index is 10.6. The van der Waals surface area contributed by atoms with Gasteiger partial charge in [0.15, 0.2) is 11.5 Å². The third-order valence-electron chi connectivity index (χ3n) is 5.52. The Balaban J connectivity index is 1.33. The summed E-state index contributed by atoms with van der Waals surface area (Å²) in [6, 6.07) is 18.0. The van der Waals surface area contributed by atoms with Gasteiger partial charge in [-0.05, 0) is 43.2 Å². The first-order valence-electron chi connectivity index (χ1n) is 10.3. The minimum absolute atomic E-state index is 0.219. The predicted molar refractivity (Wildman–Crippen MR) is 114 cm³/mol. The summed E-state index contributed by atoms with van der Waals surface area (Å²) in [5.41, 5.74) is 2.26. The minimum Gasteiger partial charge on any atom is -0.490 e. The molecule has 1 aliphatic heterocycles. The van der Waals surface area contributed by atoms with Gasteiger partial charge >= 0.3 is 0 Å². The molecule has 2 atom stereocenters. The van der Waals surface area contributed by atoms with Crippen molar-refractivity contribution < 1.29 is 14.6 Å². The number of aliphatic hydroxyl groups is 1. The van der Waals surface area contributed by atoms with Crippen LogP contribution >= 0.6 is 0 Å². The van der Waals surface area contributed by atoms with Crippen molar-refractivity contribution in [1.82, 2.24) is 9.88 Å². The number of hydrogen-bond donors (Lipinski definition) is 1. The highest BCUT2D eigenvalue weighted by Crippen LogP contribution is 2.27. The van der Waals surface area contributed by atoms with Crippen LogP contribution < -0.4 is 9.47 Å². The molecule has 0 amide bonds. The molecular weight excluding hydrogens is 364 g/mol. The number of para-hydroxylation sites is 3. The topological polar surface area (TPSA) is 54.8 Å². The Hall–Kier alpha value is -2.63. The Labute approximate surface area is 171 Å². The number of benzene rings is 2. The van der Waals surface area contributed by atoms with Gasteiger partial charge in [-0.3, -0.25) is 9.88 Å². The fraction of sp³-hybridized carbons (Fsp3) is 0.375. The second kappa shape index (κ2) is 9.25. The van der Waals surface area contributed by atoms with E-state index < -0.39 is 0 Å². The summed E-state index contributed by atoms with van der Waals surface area (Å²) in [4.78, 5) is 6.72. The van der Waals surface area contributed by atoms with E-state index in [2.05, 4.69) is 22.0 Å². The summed E-state index contributed by atoms with van der Waals surface area (Å²) in [7, 11) is 0. The zero-order valence-corrected chi connectivity index (χ0v) is 16.8. The van der Waals surface area contributed by atoms with Crippen molar-refractivity contribution in [2.24, 2.45) is 5.92 Å². The smallest absolute Gasteiger partial charge is 0.161 e. The largest absolute Gasteiger partial charge is 0.490 e. The molecule has 5 heteroatoms. The van der Waals surface area contributed by atoms with Crippen LogP contribution in [0.25, 0.3) is 10.9 Å². The van der Waals surface area contributed by atoms with Crippen molar-refractivity contribution in [2.45, 2.75) is 19.4 Å². The van der Waals surface area contributed by atoms with Crippen LogP contribution in [-0.4, -0.2) is 53.9 Å². The molecule has 2 aromatic carbocycles. The first-order chi connectivity index (χ1) is 14.2. The first-order valence-corrected chi connectivity index (χ1v) is 10.3. The summed E-state index contributed by atoms with van der Waals surface area (Å²) in [6.45, 7) is 5.49. The number of aromatic nitrogens is 1. The summed E-state index contributed by atoms with van der Waals surface area (Å²) in [5, 5.41) is 11.8. The summed E-state index contributed by atoms with van der Waals surface area (Å²) in [5.74, 6) is 1.77. The molecule has 1 saturated heterocycles. The van der Waals surface area contributed by atoms with Crippen LogP contribution in [0, 0.1) is 5.92 Å². The van der Waals surface area contributed by atoms with Gasteiger partial charge < -0.3 is 14.6 Å². The Kier molecular flexibility index (Phi) is 6.27. The van der Waals surface area contributed by atoms with Gasteiger partial charge in [-0.2, -0.15) is 0 Å². The Morgan fingerprint density at radius 1 is 1.00 bits per heavy atom. The third kappa shape index (κ3) is 4.69. The van der Waals surface area contributed by atoms with Gasteiger partial charge in [-0.1, -0.05) is 30.3 Å². The van der Waals surface area contributed by atoms with Gasteiger partial charge in [0, 0.05) is 37.1 Å². The highest BCUT2D eigenvalue weighted by atomic mass is 16.5. The summed E-state index contributed by atoms with van der Waals surface area (Å²) < 4.78 is 11.6. The van der Waals surface area contributed by atoms with E-state index in [1.807, 2.05) is 55.6 Å². The molecule has 0 unspecified atom stereocenters. The zero-order valence-electron chi connectivity index (χ0n) is 16.8. The summed E-state index contributed by atoms with van der Waals surface area (Å²) >= 11 is 0. The van der Waals surface area contributed by atoms with Crippen molar-refractivity contribution in [2.75, 3.05) is 32.8 Å². The monoisotopic (exact) mass is 392 g/mol. The fourth-order valence-electron chi connectivity index (χ4n) is 4.07. The lowest BCUT2D eigenvalue weighted by Gasteiger charge is -2.17.